The van der Waals surface area contributed by atoms with Crippen LogP contribution in [0.5, 0.6) is 17.2 Å². The van der Waals surface area contributed by atoms with Gasteiger partial charge in [-0.05, 0) is 23.6 Å². The number of fused-ring (bicyclic) bond motifs is 1. The van der Waals surface area contributed by atoms with Gasteiger partial charge in [-0.15, -0.1) is 0 Å². The summed E-state index contributed by atoms with van der Waals surface area (Å²) in [5, 5.41) is 1.69. The fourth-order valence-corrected chi connectivity index (χ4v) is 2.03. The van der Waals surface area contributed by atoms with Crippen molar-refractivity contribution in [1.29, 1.82) is 0 Å². The Hall–Kier alpha value is -2.31. The van der Waals surface area contributed by atoms with Crippen LogP contribution in [-0.4, -0.2) is 33.8 Å². The van der Waals surface area contributed by atoms with Crippen LogP contribution in [0.3, 0.4) is 0 Å². The van der Waals surface area contributed by atoms with Crippen LogP contribution in [0, 0.1) is 5.92 Å². The number of rotatable bonds is 8. The van der Waals surface area contributed by atoms with E-state index in [4.69, 9.17) is 23.7 Å². The zero-order chi connectivity index (χ0) is 17.5. The van der Waals surface area contributed by atoms with Gasteiger partial charge in [-0.1, -0.05) is 19.9 Å². The second kappa shape index (κ2) is 8.52. The van der Waals surface area contributed by atoms with Crippen LogP contribution < -0.4 is 14.2 Å². The Labute approximate surface area is 141 Å². The molecule has 0 amide bonds. The smallest absolute Gasteiger partial charge is 0.313 e. The van der Waals surface area contributed by atoms with E-state index in [-0.39, 0.29) is 25.5 Å². The molecule has 0 radical (unpaired) electrons. The van der Waals surface area contributed by atoms with Crippen LogP contribution >= 0.6 is 0 Å². The van der Waals surface area contributed by atoms with Crippen LogP contribution in [0.4, 0.5) is 0 Å². The molecule has 0 spiro atoms. The van der Waals surface area contributed by atoms with E-state index in [0.29, 0.717) is 17.2 Å². The Morgan fingerprint density at radius 2 is 1.67 bits per heavy atom. The van der Waals surface area contributed by atoms with E-state index in [1.165, 1.54) is 7.11 Å². The summed E-state index contributed by atoms with van der Waals surface area (Å²) < 4.78 is 26.3. The van der Waals surface area contributed by atoms with E-state index in [1.54, 1.807) is 33.1 Å². The zero-order valence-electron chi connectivity index (χ0n) is 14.3. The molecule has 0 atom stereocenters. The Kier molecular flexibility index (Phi) is 6.40. The maximum Gasteiger partial charge on any atom is 0.313 e. The summed E-state index contributed by atoms with van der Waals surface area (Å²) in [6, 6.07) is 8.98. The van der Waals surface area contributed by atoms with Crippen molar-refractivity contribution >= 4 is 16.7 Å². The van der Waals surface area contributed by atoms with Crippen molar-refractivity contribution in [3.8, 4) is 17.2 Å². The van der Waals surface area contributed by atoms with Crippen molar-refractivity contribution in [2.75, 3.05) is 27.8 Å². The van der Waals surface area contributed by atoms with Crippen molar-refractivity contribution in [1.82, 2.24) is 0 Å². The van der Waals surface area contributed by atoms with Gasteiger partial charge in [0.15, 0.2) is 13.6 Å². The number of carbonyl (C=O) groups excluding carboxylic acids is 1. The molecule has 0 aliphatic carbocycles. The number of benzene rings is 2. The Bertz CT molecular complexity index is 695. The van der Waals surface area contributed by atoms with Crippen LogP contribution in [0.25, 0.3) is 10.8 Å². The quantitative estimate of drug-likeness (QED) is 0.419. The maximum atomic E-state index is 11.8. The first kappa shape index (κ1) is 18.0. The summed E-state index contributed by atoms with van der Waals surface area (Å²) in [7, 11) is 3.10. The van der Waals surface area contributed by atoms with Crippen LogP contribution in [0.1, 0.15) is 13.8 Å². The lowest BCUT2D eigenvalue weighted by Gasteiger charge is -2.13. The first-order valence-corrected chi connectivity index (χ1v) is 7.58. The Morgan fingerprint density at radius 1 is 0.958 bits per heavy atom. The molecule has 0 saturated heterocycles. The molecule has 0 aromatic heterocycles. The second-order valence-electron chi connectivity index (χ2n) is 5.48. The fourth-order valence-electron chi connectivity index (χ4n) is 2.03. The highest BCUT2D eigenvalue weighted by Crippen LogP contribution is 2.34. The molecule has 0 N–H and O–H groups in total. The van der Waals surface area contributed by atoms with Crippen molar-refractivity contribution < 1.29 is 28.5 Å². The summed E-state index contributed by atoms with van der Waals surface area (Å²) in [5.74, 6) is 1.11. The van der Waals surface area contributed by atoms with Gasteiger partial charge in [0, 0.05) is 25.7 Å². The molecule has 6 heteroatoms. The molecule has 24 heavy (non-hydrogen) atoms. The minimum Gasteiger partial charge on any atom is -0.468 e. The van der Waals surface area contributed by atoms with Crippen molar-refractivity contribution in [2.45, 2.75) is 13.8 Å². The van der Waals surface area contributed by atoms with Gasteiger partial charge >= 0.3 is 5.97 Å². The first-order chi connectivity index (χ1) is 11.5. The summed E-state index contributed by atoms with van der Waals surface area (Å²) in [6.07, 6.45) is 0. The Morgan fingerprint density at radius 3 is 2.33 bits per heavy atom. The van der Waals surface area contributed by atoms with Crippen LogP contribution in [0.15, 0.2) is 30.3 Å². The van der Waals surface area contributed by atoms with Crippen LogP contribution in [-0.2, 0) is 14.3 Å². The lowest BCUT2D eigenvalue weighted by Crippen LogP contribution is -2.14. The average Bonchev–Trinajstić information content (AvgIpc) is 2.57. The number of carbonyl (C=O) groups is 1. The highest BCUT2D eigenvalue weighted by Gasteiger charge is 2.13. The predicted molar refractivity (Wildman–Crippen MR) is 89.4 cm³/mol. The minimum absolute atomic E-state index is 0.0832. The lowest BCUT2D eigenvalue weighted by molar-refractivity contribution is -0.137. The average molecular weight is 334 g/mol. The van der Waals surface area contributed by atoms with Gasteiger partial charge in [0.25, 0.3) is 0 Å². The molecule has 2 rings (SSSR count). The molecule has 2 aromatic rings. The maximum absolute atomic E-state index is 11.8. The molecule has 0 bridgehead atoms. The molecule has 0 heterocycles. The third kappa shape index (κ3) is 4.59. The highest BCUT2D eigenvalue weighted by atomic mass is 16.7. The molecule has 2 aromatic carbocycles. The standard InChI is InChI=1S/C18H22O6/c1-12(2)18(19)24-15-7-13-5-6-14(22-10-20-3)8-16(13)17(9-15)23-11-21-4/h5-9,12H,10-11H2,1-4H3. The van der Waals surface area contributed by atoms with E-state index in [1.807, 2.05) is 18.2 Å². The zero-order valence-corrected chi connectivity index (χ0v) is 14.3. The molecule has 0 aliphatic rings. The molecule has 0 fully saturated rings. The van der Waals surface area contributed by atoms with Gasteiger partial charge in [-0.25, -0.2) is 0 Å². The van der Waals surface area contributed by atoms with Gasteiger partial charge in [0.05, 0.1) is 5.92 Å². The molecular weight excluding hydrogens is 312 g/mol. The monoisotopic (exact) mass is 334 g/mol. The van der Waals surface area contributed by atoms with Gasteiger partial charge in [0.2, 0.25) is 0 Å². The van der Waals surface area contributed by atoms with E-state index >= 15 is 0 Å². The second-order valence-corrected chi connectivity index (χ2v) is 5.48. The lowest BCUT2D eigenvalue weighted by atomic mass is 10.1. The summed E-state index contributed by atoms with van der Waals surface area (Å²) in [4.78, 5) is 11.8. The molecule has 0 saturated carbocycles. The molecule has 130 valence electrons. The third-order valence-corrected chi connectivity index (χ3v) is 3.23. The van der Waals surface area contributed by atoms with Crippen molar-refractivity contribution in [2.24, 2.45) is 5.92 Å². The Balaban J connectivity index is 2.39. The first-order valence-electron chi connectivity index (χ1n) is 7.58. The summed E-state index contributed by atoms with van der Waals surface area (Å²) >= 11 is 0. The molecule has 0 unspecified atom stereocenters. The van der Waals surface area contributed by atoms with Gasteiger partial charge in [0.1, 0.15) is 17.2 Å². The SMILES string of the molecule is COCOc1ccc2cc(OC(=O)C(C)C)cc(OCOC)c2c1. The summed E-state index contributed by atoms with van der Waals surface area (Å²) in [5.41, 5.74) is 0. The van der Waals surface area contributed by atoms with E-state index in [2.05, 4.69) is 0 Å². The van der Waals surface area contributed by atoms with Gasteiger partial charge in [-0.3, -0.25) is 4.79 Å². The van der Waals surface area contributed by atoms with Gasteiger partial charge < -0.3 is 23.7 Å². The molecule has 0 aliphatic heterocycles. The number of ether oxygens (including phenoxy) is 5. The fraction of sp³-hybridized carbons (Fsp3) is 0.389. The number of hydrogen-bond acceptors (Lipinski definition) is 6. The minimum atomic E-state index is -0.299. The van der Waals surface area contributed by atoms with E-state index in [0.717, 1.165) is 10.8 Å². The van der Waals surface area contributed by atoms with Crippen LogP contribution in [0.2, 0.25) is 0 Å². The topological polar surface area (TPSA) is 63.2 Å². The largest absolute Gasteiger partial charge is 0.468 e. The predicted octanol–water partition coefficient (Wildman–Crippen LogP) is 3.37. The number of esters is 1. The third-order valence-electron chi connectivity index (χ3n) is 3.23. The molecule has 6 nitrogen and oxygen atoms in total. The highest BCUT2D eigenvalue weighted by molar-refractivity contribution is 5.91. The van der Waals surface area contributed by atoms with Crippen molar-refractivity contribution in [3.05, 3.63) is 30.3 Å². The van der Waals surface area contributed by atoms with Crippen molar-refractivity contribution in [3.63, 3.8) is 0 Å². The molecular formula is C18H22O6. The van der Waals surface area contributed by atoms with Gasteiger partial charge in [-0.2, -0.15) is 0 Å². The number of hydrogen-bond donors (Lipinski definition) is 0. The van der Waals surface area contributed by atoms with E-state index in [9.17, 15) is 4.79 Å². The van der Waals surface area contributed by atoms with E-state index < -0.39 is 0 Å². The number of methoxy groups -OCH3 is 2. The normalized spacial score (nSPS) is 10.9. The summed E-state index contributed by atoms with van der Waals surface area (Å²) in [6.45, 7) is 3.81.